The summed E-state index contributed by atoms with van der Waals surface area (Å²) in [4.78, 5) is 25.2. The van der Waals surface area contributed by atoms with Gasteiger partial charge in [-0.3, -0.25) is 4.79 Å². The van der Waals surface area contributed by atoms with Crippen LogP contribution in [0.3, 0.4) is 0 Å². The molecule has 3 N–H and O–H groups in total. The Kier molecular flexibility index (Phi) is 6.11. The lowest BCUT2D eigenvalue weighted by molar-refractivity contribution is -0.123. The number of thioether (sulfide) groups is 1. The highest BCUT2D eigenvalue weighted by atomic mass is 35.5. The summed E-state index contributed by atoms with van der Waals surface area (Å²) in [6.45, 7) is 1.51. The van der Waals surface area contributed by atoms with E-state index in [9.17, 15) is 9.59 Å². The van der Waals surface area contributed by atoms with Crippen molar-refractivity contribution in [2.75, 3.05) is 17.3 Å². The molecule has 2 rings (SSSR count). The Morgan fingerprint density at radius 1 is 1.25 bits per heavy atom. The number of esters is 1. The number of hydrogen-bond donors (Lipinski definition) is 2. The third-order valence-electron chi connectivity index (χ3n) is 3.25. The van der Waals surface area contributed by atoms with Gasteiger partial charge in [0.15, 0.2) is 6.10 Å². The van der Waals surface area contributed by atoms with Gasteiger partial charge < -0.3 is 15.8 Å². The quantitative estimate of drug-likeness (QED) is 0.478. The second kappa shape index (κ2) is 8.08. The summed E-state index contributed by atoms with van der Waals surface area (Å²) < 4.78 is 5.18. The fraction of sp³-hybridized carbons (Fsp3) is 0.176. The molecule has 0 bridgehead atoms. The van der Waals surface area contributed by atoms with Gasteiger partial charge >= 0.3 is 5.97 Å². The zero-order valence-electron chi connectivity index (χ0n) is 13.2. The predicted molar refractivity (Wildman–Crippen MR) is 97.6 cm³/mol. The number of rotatable bonds is 5. The summed E-state index contributed by atoms with van der Waals surface area (Å²) in [6, 6.07) is 11.8. The lowest BCUT2D eigenvalue weighted by Gasteiger charge is -2.15. The molecule has 0 radical (unpaired) electrons. The number of nitrogens with two attached hydrogens (primary N) is 1. The average Bonchev–Trinajstić information content (AvgIpc) is 2.57. The number of benzene rings is 2. The zero-order chi connectivity index (χ0) is 17.7. The van der Waals surface area contributed by atoms with Crippen LogP contribution in [0.5, 0.6) is 0 Å². The fourth-order valence-corrected chi connectivity index (χ4v) is 2.61. The van der Waals surface area contributed by atoms with Crippen LogP contribution in [0.4, 0.5) is 11.4 Å². The van der Waals surface area contributed by atoms with Gasteiger partial charge in [0.2, 0.25) is 0 Å². The number of anilines is 2. The lowest BCUT2D eigenvalue weighted by atomic mass is 10.2. The molecule has 0 aliphatic heterocycles. The largest absolute Gasteiger partial charge is 0.449 e. The van der Waals surface area contributed by atoms with Crippen molar-refractivity contribution in [1.29, 1.82) is 0 Å². The van der Waals surface area contributed by atoms with Gasteiger partial charge in [0, 0.05) is 4.90 Å². The number of ether oxygens (including phenoxy) is 1. The smallest absolute Gasteiger partial charge is 0.338 e. The zero-order valence-corrected chi connectivity index (χ0v) is 14.8. The summed E-state index contributed by atoms with van der Waals surface area (Å²) in [6.07, 6.45) is 0.962. The molecule has 7 heteroatoms. The van der Waals surface area contributed by atoms with Crippen molar-refractivity contribution in [2.45, 2.75) is 17.9 Å². The third-order valence-corrected chi connectivity index (χ3v) is 4.39. The Labute approximate surface area is 149 Å². The lowest BCUT2D eigenvalue weighted by Crippen LogP contribution is -2.30. The van der Waals surface area contributed by atoms with Crippen LogP contribution in [0.2, 0.25) is 5.02 Å². The van der Waals surface area contributed by atoms with Gasteiger partial charge in [-0.25, -0.2) is 4.79 Å². The highest BCUT2D eigenvalue weighted by Crippen LogP contribution is 2.25. The number of para-hydroxylation sites is 1. The van der Waals surface area contributed by atoms with Crippen LogP contribution in [-0.4, -0.2) is 24.2 Å². The van der Waals surface area contributed by atoms with E-state index in [2.05, 4.69) is 5.32 Å². The normalized spacial score (nSPS) is 11.6. The molecule has 5 nitrogen and oxygen atoms in total. The van der Waals surface area contributed by atoms with E-state index in [-0.39, 0.29) is 11.3 Å². The van der Waals surface area contributed by atoms with Crippen LogP contribution in [-0.2, 0) is 9.53 Å². The minimum Gasteiger partial charge on any atom is -0.449 e. The highest BCUT2D eigenvalue weighted by Gasteiger charge is 2.20. The predicted octanol–water partition coefficient (Wildman–Crippen LogP) is 3.83. The van der Waals surface area contributed by atoms with E-state index in [4.69, 9.17) is 22.1 Å². The molecule has 0 aromatic heterocycles. The number of carbonyl (C=O) groups is 2. The first kappa shape index (κ1) is 18.2. The van der Waals surface area contributed by atoms with Crippen LogP contribution >= 0.6 is 23.4 Å². The number of hydrogen-bond acceptors (Lipinski definition) is 5. The molecular weight excluding hydrogens is 348 g/mol. The van der Waals surface area contributed by atoms with Crippen LogP contribution in [0.1, 0.15) is 17.3 Å². The Bertz CT molecular complexity index is 767. The number of amides is 1. The van der Waals surface area contributed by atoms with E-state index in [1.54, 1.807) is 6.07 Å². The Hall–Kier alpha value is -2.18. The van der Waals surface area contributed by atoms with Gasteiger partial charge in [-0.1, -0.05) is 23.7 Å². The molecule has 0 aliphatic carbocycles. The molecule has 0 aliphatic rings. The van der Waals surface area contributed by atoms with E-state index in [0.29, 0.717) is 10.7 Å². The van der Waals surface area contributed by atoms with E-state index < -0.39 is 18.0 Å². The minimum atomic E-state index is -0.954. The molecule has 0 saturated carbocycles. The third kappa shape index (κ3) is 4.43. The van der Waals surface area contributed by atoms with Crippen LogP contribution < -0.4 is 11.1 Å². The Balaban J connectivity index is 2.03. The van der Waals surface area contributed by atoms with Gasteiger partial charge in [-0.15, -0.1) is 11.8 Å². The highest BCUT2D eigenvalue weighted by molar-refractivity contribution is 7.98. The molecular formula is C17H17ClN2O3S. The monoisotopic (exact) mass is 364 g/mol. The van der Waals surface area contributed by atoms with E-state index >= 15 is 0 Å². The molecule has 1 amide bonds. The van der Waals surface area contributed by atoms with E-state index in [0.717, 1.165) is 4.90 Å². The van der Waals surface area contributed by atoms with Crippen LogP contribution in [0, 0.1) is 0 Å². The van der Waals surface area contributed by atoms with Crippen molar-refractivity contribution >= 4 is 46.6 Å². The minimum absolute atomic E-state index is 0.237. The Morgan fingerprint density at radius 3 is 2.62 bits per heavy atom. The maximum atomic E-state index is 12.2. The van der Waals surface area contributed by atoms with Gasteiger partial charge in [-0.2, -0.15) is 0 Å². The first-order valence-corrected chi connectivity index (χ1v) is 8.72. The molecule has 2 aromatic carbocycles. The summed E-state index contributed by atoms with van der Waals surface area (Å²) in [5.74, 6) is -1.05. The SMILES string of the molecule is CSc1ccccc1NC(=O)[C@@H](C)OC(=O)c1ccc(Cl)c(N)c1. The molecule has 0 saturated heterocycles. The molecule has 1 atom stereocenters. The molecule has 24 heavy (non-hydrogen) atoms. The van der Waals surface area contributed by atoms with Crippen LogP contribution in [0.15, 0.2) is 47.4 Å². The second-order valence-corrected chi connectivity index (χ2v) is 6.23. The summed E-state index contributed by atoms with van der Waals surface area (Å²) in [7, 11) is 0. The van der Waals surface area contributed by atoms with Crippen molar-refractivity contribution in [3.8, 4) is 0 Å². The fourth-order valence-electron chi connectivity index (χ4n) is 1.94. The average molecular weight is 365 g/mol. The van der Waals surface area contributed by atoms with E-state index in [1.165, 1.54) is 36.9 Å². The van der Waals surface area contributed by atoms with Crippen molar-refractivity contribution in [3.05, 3.63) is 53.1 Å². The van der Waals surface area contributed by atoms with Crippen molar-refractivity contribution < 1.29 is 14.3 Å². The van der Waals surface area contributed by atoms with Crippen molar-refractivity contribution in [1.82, 2.24) is 0 Å². The van der Waals surface area contributed by atoms with Crippen LogP contribution in [0.25, 0.3) is 0 Å². The standard InChI is InChI=1S/C17H17ClN2O3S/c1-10(16(21)20-14-5-3-4-6-15(14)24-2)23-17(22)11-7-8-12(18)13(19)9-11/h3-10H,19H2,1-2H3,(H,20,21)/t10-/m1/s1. The maximum absolute atomic E-state index is 12.2. The second-order valence-electron chi connectivity index (χ2n) is 4.97. The van der Waals surface area contributed by atoms with Gasteiger partial charge in [-0.05, 0) is 43.5 Å². The Morgan fingerprint density at radius 2 is 1.96 bits per heavy atom. The number of nitrogens with one attached hydrogen (secondary N) is 1. The summed E-state index contributed by atoms with van der Waals surface area (Å²) in [5.41, 5.74) is 6.85. The first-order valence-electron chi connectivity index (χ1n) is 7.12. The van der Waals surface area contributed by atoms with Crippen molar-refractivity contribution in [2.24, 2.45) is 0 Å². The molecule has 0 unspecified atom stereocenters. The molecule has 0 fully saturated rings. The number of nitrogen functional groups attached to an aromatic ring is 1. The van der Waals surface area contributed by atoms with Crippen molar-refractivity contribution in [3.63, 3.8) is 0 Å². The number of halogens is 1. The topological polar surface area (TPSA) is 81.4 Å². The van der Waals surface area contributed by atoms with E-state index in [1.807, 2.05) is 24.5 Å². The first-order chi connectivity index (χ1) is 11.4. The summed E-state index contributed by atoms with van der Waals surface area (Å²) in [5, 5.41) is 3.11. The van der Waals surface area contributed by atoms with Gasteiger partial charge in [0.25, 0.3) is 5.91 Å². The summed E-state index contributed by atoms with van der Waals surface area (Å²) >= 11 is 7.33. The molecule has 0 heterocycles. The maximum Gasteiger partial charge on any atom is 0.338 e. The number of carbonyl (C=O) groups excluding carboxylic acids is 2. The molecule has 2 aromatic rings. The molecule has 0 spiro atoms. The van der Waals surface area contributed by atoms with Gasteiger partial charge in [0.1, 0.15) is 0 Å². The molecule has 126 valence electrons. The van der Waals surface area contributed by atoms with Gasteiger partial charge in [0.05, 0.1) is 22.0 Å².